The van der Waals surface area contributed by atoms with Crippen molar-refractivity contribution in [2.75, 3.05) is 0 Å². The highest BCUT2D eigenvalue weighted by molar-refractivity contribution is 5.88. The predicted molar refractivity (Wildman–Crippen MR) is 60.2 cm³/mol. The van der Waals surface area contributed by atoms with Gasteiger partial charge in [0.1, 0.15) is 18.8 Å². The molecule has 5 nitrogen and oxygen atoms in total. The van der Waals surface area contributed by atoms with Crippen LogP contribution in [0.4, 0.5) is 0 Å². The molecule has 1 aromatic carbocycles. The molecule has 1 aromatic heterocycles. The molecule has 0 fully saturated rings. The van der Waals surface area contributed by atoms with E-state index in [1.807, 2.05) is 13.1 Å². The molecule has 0 N–H and O–H groups in total. The number of carbonyl (C=O) groups excluding carboxylic acids is 1. The van der Waals surface area contributed by atoms with E-state index in [-0.39, 0.29) is 0 Å². The fourth-order valence-corrected chi connectivity index (χ4v) is 1.92. The Bertz CT molecular complexity index is 607. The van der Waals surface area contributed by atoms with E-state index < -0.39 is 6.29 Å². The van der Waals surface area contributed by atoms with Gasteiger partial charge in [0.25, 0.3) is 6.29 Å². The first-order chi connectivity index (χ1) is 8.29. The smallest absolute Gasteiger partial charge is 0.285 e. The number of ether oxygens (including phenoxy) is 2. The van der Waals surface area contributed by atoms with E-state index in [9.17, 15) is 4.79 Å². The molecule has 0 saturated heterocycles. The van der Waals surface area contributed by atoms with Gasteiger partial charge in [-0.15, -0.1) is 0 Å². The minimum Gasteiger partial charge on any atom is -0.454 e. The van der Waals surface area contributed by atoms with Crippen LogP contribution in [-0.4, -0.2) is 16.1 Å². The van der Waals surface area contributed by atoms with E-state index in [2.05, 4.69) is 5.10 Å². The van der Waals surface area contributed by atoms with Crippen molar-refractivity contribution < 1.29 is 14.3 Å². The van der Waals surface area contributed by atoms with Gasteiger partial charge >= 0.3 is 0 Å². The number of fused-ring (bicyclic) bond motifs is 1. The average molecular weight is 230 g/mol. The molecule has 0 aliphatic carbocycles. The lowest BCUT2D eigenvalue weighted by molar-refractivity contribution is -0.0272. The summed E-state index contributed by atoms with van der Waals surface area (Å²) in [6.07, 6.45) is 3.30. The highest BCUT2D eigenvalue weighted by Crippen LogP contribution is 2.29. The first-order valence-corrected chi connectivity index (χ1v) is 5.17. The van der Waals surface area contributed by atoms with Crippen LogP contribution in [0.5, 0.6) is 0 Å². The number of rotatable bonds is 2. The SMILES string of the molecule is Cn1nc(C2OC=CO2)c2ccc(C=O)cc21. The molecule has 0 radical (unpaired) electrons. The topological polar surface area (TPSA) is 53.4 Å². The summed E-state index contributed by atoms with van der Waals surface area (Å²) in [6.45, 7) is 0. The lowest BCUT2D eigenvalue weighted by Gasteiger charge is -2.06. The Hall–Kier alpha value is -2.30. The highest BCUT2D eigenvalue weighted by Gasteiger charge is 2.22. The number of aromatic nitrogens is 2. The maximum atomic E-state index is 10.7. The number of hydrogen-bond donors (Lipinski definition) is 0. The van der Waals surface area contributed by atoms with Crippen molar-refractivity contribution in [3.8, 4) is 0 Å². The monoisotopic (exact) mass is 230 g/mol. The van der Waals surface area contributed by atoms with Crippen molar-refractivity contribution in [1.29, 1.82) is 0 Å². The van der Waals surface area contributed by atoms with Crippen LogP contribution in [-0.2, 0) is 16.5 Å². The largest absolute Gasteiger partial charge is 0.454 e. The minimum atomic E-state index is -0.499. The number of benzene rings is 1. The van der Waals surface area contributed by atoms with Gasteiger partial charge < -0.3 is 9.47 Å². The molecular weight excluding hydrogens is 220 g/mol. The fourth-order valence-electron chi connectivity index (χ4n) is 1.92. The standard InChI is InChI=1S/C12H10N2O3/c1-14-10-6-8(7-15)2-3-9(10)11(13-14)12-16-4-5-17-12/h2-7,12H,1H3. The van der Waals surface area contributed by atoms with Gasteiger partial charge in [-0.05, 0) is 12.1 Å². The summed E-state index contributed by atoms with van der Waals surface area (Å²) in [7, 11) is 1.82. The molecule has 5 heteroatoms. The third kappa shape index (κ3) is 1.47. The number of hydrogen-bond acceptors (Lipinski definition) is 4. The molecule has 0 spiro atoms. The van der Waals surface area contributed by atoms with E-state index in [4.69, 9.17) is 9.47 Å². The van der Waals surface area contributed by atoms with Gasteiger partial charge in [-0.3, -0.25) is 9.48 Å². The van der Waals surface area contributed by atoms with Crippen LogP contribution in [0.15, 0.2) is 30.7 Å². The summed E-state index contributed by atoms with van der Waals surface area (Å²) < 4.78 is 12.2. The summed E-state index contributed by atoms with van der Waals surface area (Å²) >= 11 is 0. The normalized spacial score (nSPS) is 14.9. The molecule has 0 saturated carbocycles. The van der Waals surface area contributed by atoms with Crippen LogP contribution in [0.2, 0.25) is 0 Å². The van der Waals surface area contributed by atoms with Gasteiger partial charge in [0.2, 0.25) is 0 Å². The molecule has 2 aromatic rings. The minimum absolute atomic E-state index is 0.499. The third-order valence-electron chi connectivity index (χ3n) is 2.72. The molecular formula is C12H10N2O3. The number of aryl methyl sites for hydroxylation is 1. The zero-order chi connectivity index (χ0) is 11.8. The number of nitrogens with zero attached hydrogens (tertiary/aromatic N) is 2. The van der Waals surface area contributed by atoms with Crippen LogP contribution in [0, 0.1) is 0 Å². The van der Waals surface area contributed by atoms with Gasteiger partial charge in [0.05, 0.1) is 5.52 Å². The second kappa shape index (κ2) is 3.62. The first-order valence-electron chi connectivity index (χ1n) is 5.17. The molecule has 1 aliphatic heterocycles. The van der Waals surface area contributed by atoms with Gasteiger partial charge in [-0.2, -0.15) is 5.10 Å². The quantitative estimate of drug-likeness (QED) is 0.739. The summed E-state index contributed by atoms with van der Waals surface area (Å²) in [5.74, 6) is 0. The summed E-state index contributed by atoms with van der Waals surface area (Å²) in [5.41, 5.74) is 2.21. The third-order valence-corrected chi connectivity index (χ3v) is 2.72. The van der Waals surface area contributed by atoms with E-state index in [0.29, 0.717) is 11.3 Å². The molecule has 1 aliphatic rings. The number of aldehydes is 1. The van der Waals surface area contributed by atoms with Gasteiger partial charge in [-0.1, -0.05) is 6.07 Å². The molecule has 0 bridgehead atoms. The van der Waals surface area contributed by atoms with E-state index >= 15 is 0 Å². The van der Waals surface area contributed by atoms with Crippen molar-refractivity contribution in [3.05, 3.63) is 42.0 Å². The zero-order valence-electron chi connectivity index (χ0n) is 9.16. The highest BCUT2D eigenvalue weighted by atomic mass is 16.7. The van der Waals surface area contributed by atoms with Gasteiger partial charge in [0.15, 0.2) is 5.69 Å². The Kier molecular flexibility index (Phi) is 2.11. The molecule has 86 valence electrons. The lowest BCUT2D eigenvalue weighted by Crippen LogP contribution is -2.00. The molecule has 17 heavy (non-hydrogen) atoms. The zero-order valence-corrected chi connectivity index (χ0v) is 9.16. The van der Waals surface area contributed by atoms with Crippen molar-refractivity contribution >= 4 is 17.2 Å². The van der Waals surface area contributed by atoms with Crippen LogP contribution >= 0.6 is 0 Å². The maximum Gasteiger partial charge on any atom is 0.285 e. The Morgan fingerprint density at radius 3 is 2.82 bits per heavy atom. The van der Waals surface area contributed by atoms with Crippen LogP contribution < -0.4 is 0 Å². The summed E-state index contributed by atoms with van der Waals surface area (Å²) in [6, 6.07) is 5.40. The van der Waals surface area contributed by atoms with E-state index in [1.54, 1.807) is 16.8 Å². The lowest BCUT2D eigenvalue weighted by atomic mass is 10.1. The average Bonchev–Trinajstić information content (AvgIpc) is 2.97. The Morgan fingerprint density at radius 2 is 2.12 bits per heavy atom. The van der Waals surface area contributed by atoms with Crippen molar-refractivity contribution in [3.63, 3.8) is 0 Å². The first kappa shape index (κ1) is 9.89. The predicted octanol–water partition coefficient (Wildman–Crippen LogP) is 1.90. The van der Waals surface area contributed by atoms with E-state index in [1.165, 1.54) is 12.5 Å². The molecule has 0 amide bonds. The molecule has 0 atom stereocenters. The summed E-state index contributed by atoms with van der Waals surface area (Å²) in [5, 5.41) is 5.28. The van der Waals surface area contributed by atoms with Crippen molar-refractivity contribution in [1.82, 2.24) is 9.78 Å². The van der Waals surface area contributed by atoms with Crippen LogP contribution in [0.3, 0.4) is 0 Å². The Morgan fingerprint density at radius 1 is 1.35 bits per heavy atom. The van der Waals surface area contributed by atoms with Crippen LogP contribution in [0.25, 0.3) is 10.9 Å². The molecule has 3 rings (SSSR count). The second-order valence-electron chi connectivity index (χ2n) is 3.78. The molecule has 0 unspecified atom stereocenters. The second-order valence-corrected chi connectivity index (χ2v) is 3.78. The maximum absolute atomic E-state index is 10.7. The van der Waals surface area contributed by atoms with Crippen LogP contribution in [0.1, 0.15) is 22.3 Å². The molecule has 2 heterocycles. The fraction of sp³-hybridized carbons (Fsp3) is 0.167. The Labute approximate surface area is 97.2 Å². The van der Waals surface area contributed by atoms with Gasteiger partial charge in [0, 0.05) is 18.0 Å². The van der Waals surface area contributed by atoms with E-state index in [0.717, 1.165) is 17.2 Å². The summed E-state index contributed by atoms with van der Waals surface area (Å²) in [4.78, 5) is 10.7. The Balaban J connectivity index is 2.17. The number of carbonyl (C=O) groups is 1. The van der Waals surface area contributed by atoms with Gasteiger partial charge in [-0.25, -0.2) is 0 Å². The van der Waals surface area contributed by atoms with Crippen molar-refractivity contribution in [2.24, 2.45) is 7.05 Å². The van der Waals surface area contributed by atoms with Crippen molar-refractivity contribution in [2.45, 2.75) is 6.29 Å².